The molecule has 21 heavy (non-hydrogen) atoms. The first-order valence-corrected chi connectivity index (χ1v) is 8.11. The molecule has 0 saturated carbocycles. The highest BCUT2D eigenvalue weighted by atomic mass is 32.2. The molecule has 120 valence electrons. The maximum Gasteiger partial charge on any atom is 0.297 e. The molecule has 1 aromatic rings. The molecule has 1 aromatic carbocycles. The van der Waals surface area contributed by atoms with Crippen molar-refractivity contribution in [2.45, 2.75) is 18.7 Å². The van der Waals surface area contributed by atoms with Crippen LogP contribution in [0, 0.1) is 6.92 Å². The van der Waals surface area contributed by atoms with Gasteiger partial charge in [0.15, 0.2) is 0 Å². The van der Waals surface area contributed by atoms with Crippen LogP contribution >= 0.6 is 0 Å². The second-order valence-electron chi connectivity index (χ2n) is 4.24. The fourth-order valence-corrected chi connectivity index (χ4v) is 2.50. The molecule has 0 radical (unpaired) electrons. The van der Waals surface area contributed by atoms with E-state index in [2.05, 4.69) is 0 Å². The van der Waals surface area contributed by atoms with Gasteiger partial charge in [-0.1, -0.05) is 6.07 Å². The molecule has 0 fully saturated rings. The average Bonchev–Trinajstić information content (AvgIpc) is 2.44. The molecular weight excluding hydrogens is 296 g/mol. The number of methoxy groups -OCH3 is 1. The standard InChI is InChI=1S/C14H22O6S/c1-4-20-21(15,16)13-6-5-12(2)14(11-13)19-10-9-18-8-7-17-3/h5-6,11H,4,7-10H2,1-3H3. The van der Waals surface area contributed by atoms with Gasteiger partial charge in [-0.05, 0) is 25.5 Å². The number of aryl methyl sites for hydroxylation is 1. The number of benzene rings is 1. The fourth-order valence-electron chi connectivity index (χ4n) is 1.57. The van der Waals surface area contributed by atoms with E-state index in [-0.39, 0.29) is 11.5 Å². The van der Waals surface area contributed by atoms with Crippen molar-refractivity contribution >= 4 is 10.1 Å². The second kappa shape index (κ2) is 8.99. The van der Waals surface area contributed by atoms with E-state index in [0.717, 1.165) is 5.56 Å². The van der Waals surface area contributed by atoms with Gasteiger partial charge >= 0.3 is 0 Å². The molecule has 0 heterocycles. The van der Waals surface area contributed by atoms with Gasteiger partial charge in [-0.15, -0.1) is 0 Å². The number of ether oxygens (including phenoxy) is 3. The molecular formula is C14H22O6S. The predicted molar refractivity (Wildman–Crippen MR) is 78.2 cm³/mol. The van der Waals surface area contributed by atoms with Crippen LogP contribution in [0.3, 0.4) is 0 Å². The van der Waals surface area contributed by atoms with E-state index in [1.807, 2.05) is 6.92 Å². The topological polar surface area (TPSA) is 71.1 Å². The predicted octanol–water partition coefficient (Wildman–Crippen LogP) is 1.76. The second-order valence-corrected chi connectivity index (χ2v) is 5.86. The molecule has 0 bridgehead atoms. The van der Waals surface area contributed by atoms with Crippen molar-refractivity contribution in [1.82, 2.24) is 0 Å². The summed E-state index contributed by atoms with van der Waals surface area (Å²) < 4.78 is 44.1. The van der Waals surface area contributed by atoms with Crippen LogP contribution in [0.4, 0.5) is 0 Å². The molecule has 0 saturated heterocycles. The zero-order chi connectivity index (χ0) is 15.7. The van der Waals surface area contributed by atoms with Gasteiger partial charge in [0.25, 0.3) is 10.1 Å². The van der Waals surface area contributed by atoms with Gasteiger partial charge in [-0.25, -0.2) is 0 Å². The minimum absolute atomic E-state index is 0.0882. The smallest absolute Gasteiger partial charge is 0.297 e. The van der Waals surface area contributed by atoms with Gasteiger partial charge in [0.2, 0.25) is 0 Å². The largest absolute Gasteiger partial charge is 0.491 e. The Morgan fingerprint density at radius 1 is 1.10 bits per heavy atom. The summed E-state index contributed by atoms with van der Waals surface area (Å²) in [6.45, 7) is 5.34. The lowest BCUT2D eigenvalue weighted by atomic mass is 10.2. The van der Waals surface area contributed by atoms with Gasteiger partial charge in [-0.3, -0.25) is 4.18 Å². The molecule has 0 atom stereocenters. The SMILES string of the molecule is CCOS(=O)(=O)c1ccc(C)c(OCCOCCOC)c1. The van der Waals surface area contributed by atoms with Gasteiger partial charge in [-0.2, -0.15) is 8.42 Å². The highest BCUT2D eigenvalue weighted by Gasteiger charge is 2.16. The van der Waals surface area contributed by atoms with Gasteiger partial charge in [0.1, 0.15) is 12.4 Å². The summed E-state index contributed by atoms with van der Waals surface area (Å²) in [4.78, 5) is 0.0882. The van der Waals surface area contributed by atoms with Gasteiger partial charge in [0.05, 0.1) is 31.3 Å². The van der Waals surface area contributed by atoms with Crippen molar-refractivity contribution < 1.29 is 26.8 Å². The van der Waals surface area contributed by atoms with E-state index in [0.29, 0.717) is 32.2 Å². The first-order chi connectivity index (χ1) is 10.0. The van der Waals surface area contributed by atoms with Crippen molar-refractivity contribution in [3.8, 4) is 5.75 Å². The van der Waals surface area contributed by atoms with Crippen LogP contribution in [0.25, 0.3) is 0 Å². The zero-order valence-electron chi connectivity index (χ0n) is 12.6. The van der Waals surface area contributed by atoms with Crippen LogP contribution in [-0.2, 0) is 23.8 Å². The van der Waals surface area contributed by atoms with Crippen LogP contribution in [0.5, 0.6) is 5.75 Å². The zero-order valence-corrected chi connectivity index (χ0v) is 13.4. The number of hydrogen-bond donors (Lipinski definition) is 0. The van der Waals surface area contributed by atoms with E-state index in [9.17, 15) is 8.42 Å². The molecule has 0 aliphatic heterocycles. The number of hydrogen-bond acceptors (Lipinski definition) is 6. The molecule has 6 nitrogen and oxygen atoms in total. The Balaban J connectivity index is 2.62. The molecule has 0 aliphatic carbocycles. The van der Waals surface area contributed by atoms with E-state index in [4.69, 9.17) is 18.4 Å². The van der Waals surface area contributed by atoms with Crippen LogP contribution in [0.15, 0.2) is 23.1 Å². The summed E-state index contributed by atoms with van der Waals surface area (Å²) in [6.07, 6.45) is 0. The Hall–Kier alpha value is -1.15. The van der Waals surface area contributed by atoms with Crippen LogP contribution in [0.2, 0.25) is 0 Å². The van der Waals surface area contributed by atoms with E-state index < -0.39 is 10.1 Å². The Morgan fingerprint density at radius 2 is 1.81 bits per heavy atom. The van der Waals surface area contributed by atoms with Crippen LogP contribution in [-0.4, -0.2) is 48.6 Å². The molecule has 0 aromatic heterocycles. The molecule has 0 spiro atoms. The summed E-state index contributed by atoms with van der Waals surface area (Å²) in [7, 11) is -2.12. The van der Waals surface area contributed by atoms with Gasteiger partial charge in [0, 0.05) is 13.2 Å². The first-order valence-electron chi connectivity index (χ1n) is 6.71. The monoisotopic (exact) mass is 318 g/mol. The molecule has 0 aliphatic rings. The Bertz CT molecular complexity index is 526. The fraction of sp³-hybridized carbons (Fsp3) is 0.571. The Kier molecular flexibility index (Phi) is 7.66. The van der Waals surface area contributed by atoms with Crippen molar-refractivity contribution in [2.24, 2.45) is 0 Å². The molecule has 0 unspecified atom stereocenters. The maximum atomic E-state index is 11.8. The summed E-state index contributed by atoms with van der Waals surface area (Å²) in [5.41, 5.74) is 0.849. The van der Waals surface area contributed by atoms with E-state index in [1.54, 1.807) is 20.1 Å². The van der Waals surface area contributed by atoms with E-state index in [1.165, 1.54) is 12.1 Å². The van der Waals surface area contributed by atoms with Gasteiger partial charge < -0.3 is 14.2 Å². The summed E-state index contributed by atoms with van der Waals surface area (Å²) in [6, 6.07) is 4.66. The first kappa shape index (κ1) is 17.9. The highest BCUT2D eigenvalue weighted by Crippen LogP contribution is 2.23. The third-order valence-electron chi connectivity index (χ3n) is 2.64. The normalized spacial score (nSPS) is 11.6. The Labute approximate surface area is 126 Å². The van der Waals surface area contributed by atoms with Crippen molar-refractivity contribution in [1.29, 1.82) is 0 Å². The summed E-state index contributed by atoms with van der Waals surface area (Å²) in [5.74, 6) is 0.506. The lowest BCUT2D eigenvalue weighted by Crippen LogP contribution is -2.11. The Morgan fingerprint density at radius 3 is 2.48 bits per heavy atom. The number of rotatable bonds is 10. The summed E-state index contributed by atoms with van der Waals surface area (Å²) in [5, 5.41) is 0. The van der Waals surface area contributed by atoms with Crippen LogP contribution in [0.1, 0.15) is 12.5 Å². The molecule has 0 N–H and O–H groups in total. The van der Waals surface area contributed by atoms with Crippen molar-refractivity contribution in [2.75, 3.05) is 40.1 Å². The average molecular weight is 318 g/mol. The third-order valence-corrected chi connectivity index (χ3v) is 4.02. The lowest BCUT2D eigenvalue weighted by molar-refractivity contribution is 0.0543. The lowest BCUT2D eigenvalue weighted by Gasteiger charge is -2.11. The van der Waals surface area contributed by atoms with Crippen molar-refractivity contribution in [3.05, 3.63) is 23.8 Å². The minimum Gasteiger partial charge on any atom is -0.491 e. The van der Waals surface area contributed by atoms with Crippen molar-refractivity contribution in [3.63, 3.8) is 0 Å². The summed E-state index contributed by atoms with van der Waals surface area (Å²) >= 11 is 0. The molecule has 0 amide bonds. The minimum atomic E-state index is -3.72. The molecule has 1 rings (SSSR count). The highest BCUT2D eigenvalue weighted by molar-refractivity contribution is 7.86. The quantitative estimate of drug-likeness (QED) is 0.483. The maximum absolute atomic E-state index is 11.8. The van der Waals surface area contributed by atoms with Crippen LogP contribution < -0.4 is 4.74 Å². The molecule has 7 heteroatoms. The third kappa shape index (κ3) is 6.01. The van der Waals surface area contributed by atoms with E-state index >= 15 is 0 Å².